The Morgan fingerprint density at radius 1 is 1.42 bits per heavy atom. The molecule has 1 atom stereocenters. The van der Waals surface area contributed by atoms with E-state index in [0.717, 1.165) is 11.6 Å². The summed E-state index contributed by atoms with van der Waals surface area (Å²) < 4.78 is 0. The van der Waals surface area contributed by atoms with E-state index >= 15 is 0 Å². The van der Waals surface area contributed by atoms with Crippen LogP contribution < -0.4 is 5.32 Å². The Bertz CT molecular complexity index is 442. The molecular formula is C16H24ClNS. The van der Waals surface area contributed by atoms with Crippen LogP contribution in [0.15, 0.2) is 23.1 Å². The normalized spacial score (nSPS) is 19.6. The van der Waals surface area contributed by atoms with Gasteiger partial charge >= 0.3 is 0 Å². The van der Waals surface area contributed by atoms with Crippen molar-refractivity contribution in [3.8, 4) is 0 Å². The van der Waals surface area contributed by atoms with Crippen LogP contribution in [0.4, 0.5) is 0 Å². The first-order chi connectivity index (χ1) is 8.90. The average Bonchev–Trinajstić information content (AvgIpc) is 2.36. The van der Waals surface area contributed by atoms with Gasteiger partial charge in [0.2, 0.25) is 0 Å². The predicted molar refractivity (Wildman–Crippen MR) is 86.2 cm³/mol. The van der Waals surface area contributed by atoms with Gasteiger partial charge in [-0.15, -0.1) is 11.8 Å². The van der Waals surface area contributed by atoms with Gasteiger partial charge < -0.3 is 5.32 Å². The van der Waals surface area contributed by atoms with Crippen LogP contribution in [0.1, 0.15) is 45.7 Å². The third-order valence-corrected chi connectivity index (χ3v) is 5.74. The molecule has 1 aromatic carbocycles. The van der Waals surface area contributed by atoms with Gasteiger partial charge in [0.15, 0.2) is 0 Å². The topological polar surface area (TPSA) is 12.0 Å². The molecule has 0 aromatic heterocycles. The van der Waals surface area contributed by atoms with E-state index in [2.05, 4.69) is 45.1 Å². The Labute approximate surface area is 126 Å². The molecule has 1 N–H and O–H groups in total. The number of thioether (sulfide) groups is 1. The average molecular weight is 298 g/mol. The molecule has 0 fully saturated rings. The van der Waals surface area contributed by atoms with Crippen LogP contribution in [0.2, 0.25) is 5.02 Å². The van der Waals surface area contributed by atoms with Crippen molar-refractivity contribution in [1.29, 1.82) is 0 Å². The summed E-state index contributed by atoms with van der Waals surface area (Å²) in [5, 5.41) is 4.60. The van der Waals surface area contributed by atoms with Crippen molar-refractivity contribution in [2.75, 3.05) is 12.3 Å². The van der Waals surface area contributed by atoms with E-state index in [1.54, 1.807) is 0 Å². The fourth-order valence-electron chi connectivity index (χ4n) is 2.17. The van der Waals surface area contributed by atoms with Crippen LogP contribution in [-0.2, 0) is 0 Å². The van der Waals surface area contributed by atoms with Gasteiger partial charge in [0.25, 0.3) is 0 Å². The van der Waals surface area contributed by atoms with E-state index in [1.165, 1.54) is 22.6 Å². The van der Waals surface area contributed by atoms with Crippen molar-refractivity contribution in [2.24, 2.45) is 11.3 Å². The maximum absolute atomic E-state index is 6.15. The van der Waals surface area contributed by atoms with Gasteiger partial charge in [-0.25, -0.2) is 0 Å². The Balaban J connectivity index is 2.09. The van der Waals surface area contributed by atoms with Crippen LogP contribution in [-0.4, -0.2) is 12.3 Å². The summed E-state index contributed by atoms with van der Waals surface area (Å²) in [6.45, 7) is 10.3. The summed E-state index contributed by atoms with van der Waals surface area (Å²) in [4.78, 5) is 1.38. The molecule has 0 radical (unpaired) electrons. The van der Waals surface area contributed by atoms with Crippen molar-refractivity contribution < 1.29 is 0 Å². The highest BCUT2D eigenvalue weighted by Crippen LogP contribution is 2.38. The standard InChI is InChI=1S/C16H24ClNS/c1-11(2)16(3,4)10-18-14-7-8-19-15-6-5-12(17)9-13(14)15/h5-6,9,11,14,18H,7-8,10H2,1-4H3. The molecular weight excluding hydrogens is 274 g/mol. The molecule has 1 unspecified atom stereocenters. The zero-order chi connectivity index (χ0) is 14.0. The van der Waals surface area contributed by atoms with Crippen LogP contribution in [0, 0.1) is 11.3 Å². The first-order valence-electron chi connectivity index (χ1n) is 7.06. The van der Waals surface area contributed by atoms with Gasteiger partial charge in [0, 0.05) is 22.5 Å². The maximum atomic E-state index is 6.15. The Morgan fingerprint density at radius 3 is 2.84 bits per heavy atom. The summed E-state index contributed by atoms with van der Waals surface area (Å²) >= 11 is 8.09. The Morgan fingerprint density at radius 2 is 2.16 bits per heavy atom. The Kier molecular flexibility index (Phi) is 4.86. The molecule has 0 amide bonds. The van der Waals surface area contributed by atoms with Gasteiger partial charge in [-0.1, -0.05) is 39.3 Å². The Hall–Kier alpha value is -0.180. The van der Waals surface area contributed by atoms with Gasteiger partial charge in [-0.2, -0.15) is 0 Å². The number of benzene rings is 1. The largest absolute Gasteiger partial charge is 0.309 e. The molecule has 0 spiro atoms. The lowest BCUT2D eigenvalue weighted by Crippen LogP contribution is -2.36. The minimum atomic E-state index is 0.323. The number of rotatable bonds is 4. The van der Waals surface area contributed by atoms with E-state index in [4.69, 9.17) is 11.6 Å². The molecule has 1 aromatic rings. The lowest BCUT2D eigenvalue weighted by molar-refractivity contribution is 0.226. The number of hydrogen-bond donors (Lipinski definition) is 1. The summed E-state index contributed by atoms with van der Waals surface area (Å²) in [5.74, 6) is 1.87. The van der Waals surface area contributed by atoms with Gasteiger partial charge in [0.05, 0.1) is 0 Å². The minimum absolute atomic E-state index is 0.323. The summed E-state index contributed by atoms with van der Waals surface area (Å²) in [5.41, 5.74) is 1.70. The highest BCUT2D eigenvalue weighted by molar-refractivity contribution is 7.99. The van der Waals surface area contributed by atoms with E-state index in [-0.39, 0.29) is 0 Å². The van der Waals surface area contributed by atoms with E-state index in [9.17, 15) is 0 Å². The molecule has 1 heterocycles. The number of hydrogen-bond acceptors (Lipinski definition) is 2. The molecule has 19 heavy (non-hydrogen) atoms. The van der Waals surface area contributed by atoms with Crippen LogP contribution in [0.5, 0.6) is 0 Å². The second kappa shape index (κ2) is 6.07. The third-order valence-electron chi connectivity index (χ3n) is 4.38. The fraction of sp³-hybridized carbons (Fsp3) is 0.625. The predicted octanol–water partition coefficient (Wildman–Crippen LogP) is 5.15. The zero-order valence-corrected chi connectivity index (χ0v) is 13.9. The second-order valence-corrected chi connectivity index (χ2v) is 7.97. The molecule has 0 saturated heterocycles. The van der Waals surface area contributed by atoms with Crippen molar-refractivity contribution in [3.63, 3.8) is 0 Å². The van der Waals surface area contributed by atoms with E-state index in [1.807, 2.05) is 17.8 Å². The zero-order valence-electron chi connectivity index (χ0n) is 12.3. The lowest BCUT2D eigenvalue weighted by atomic mass is 9.81. The molecule has 0 saturated carbocycles. The molecule has 0 aliphatic carbocycles. The highest BCUT2D eigenvalue weighted by atomic mass is 35.5. The highest BCUT2D eigenvalue weighted by Gasteiger charge is 2.26. The molecule has 1 aliphatic heterocycles. The monoisotopic (exact) mass is 297 g/mol. The van der Waals surface area contributed by atoms with Crippen LogP contribution in [0.25, 0.3) is 0 Å². The van der Waals surface area contributed by atoms with Crippen LogP contribution in [0.3, 0.4) is 0 Å². The van der Waals surface area contributed by atoms with E-state index < -0.39 is 0 Å². The van der Waals surface area contributed by atoms with Crippen molar-refractivity contribution in [3.05, 3.63) is 28.8 Å². The first-order valence-corrected chi connectivity index (χ1v) is 8.42. The molecule has 106 valence electrons. The maximum Gasteiger partial charge on any atom is 0.0410 e. The fourth-order valence-corrected chi connectivity index (χ4v) is 3.45. The van der Waals surface area contributed by atoms with Gasteiger partial charge in [0.1, 0.15) is 0 Å². The number of fused-ring (bicyclic) bond motifs is 1. The van der Waals surface area contributed by atoms with Crippen molar-refractivity contribution >= 4 is 23.4 Å². The minimum Gasteiger partial charge on any atom is -0.309 e. The van der Waals surface area contributed by atoms with Gasteiger partial charge in [-0.05, 0) is 47.3 Å². The quantitative estimate of drug-likeness (QED) is 0.825. The summed E-state index contributed by atoms with van der Waals surface area (Å²) in [7, 11) is 0. The number of halogens is 1. The van der Waals surface area contributed by atoms with Gasteiger partial charge in [-0.3, -0.25) is 0 Å². The SMILES string of the molecule is CC(C)C(C)(C)CNC1CCSc2ccc(Cl)cc21. The second-order valence-electron chi connectivity index (χ2n) is 6.40. The van der Waals surface area contributed by atoms with Crippen LogP contribution >= 0.6 is 23.4 Å². The third kappa shape index (κ3) is 3.68. The smallest absolute Gasteiger partial charge is 0.0410 e. The first kappa shape index (κ1) is 15.2. The summed E-state index contributed by atoms with van der Waals surface area (Å²) in [6, 6.07) is 6.73. The molecule has 0 bridgehead atoms. The van der Waals surface area contributed by atoms with E-state index in [0.29, 0.717) is 17.4 Å². The van der Waals surface area contributed by atoms with Crippen molar-refractivity contribution in [1.82, 2.24) is 5.32 Å². The number of nitrogens with one attached hydrogen (secondary N) is 1. The van der Waals surface area contributed by atoms with Crippen molar-refractivity contribution in [2.45, 2.75) is 45.1 Å². The molecule has 3 heteroatoms. The molecule has 1 aliphatic rings. The molecule has 1 nitrogen and oxygen atoms in total. The lowest BCUT2D eigenvalue weighted by Gasteiger charge is -2.34. The molecule has 2 rings (SSSR count). The summed E-state index contributed by atoms with van der Waals surface area (Å²) in [6.07, 6.45) is 1.19.